The molecule has 1 aliphatic rings. The molecule has 0 aliphatic carbocycles. The van der Waals surface area contributed by atoms with Crippen molar-refractivity contribution in [1.29, 1.82) is 0 Å². The van der Waals surface area contributed by atoms with Crippen LogP contribution in [0.4, 0.5) is 0 Å². The molecule has 1 saturated heterocycles. The van der Waals surface area contributed by atoms with Crippen LogP contribution in [0.25, 0.3) is 0 Å². The van der Waals surface area contributed by atoms with Gasteiger partial charge in [-0.05, 0) is 43.0 Å². The summed E-state index contributed by atoms with van der Waals surface area (Å²) in [5.41, 5.74) is -1.13. The third kappa shape index (κ3) is 2.10. The van der Waals surface area contributed by atoms with Gasteiger partial charge in [0, 0.05) is 6.61 Å². The van der Waals surface area contributed by atoms with Gasteiger partial charge in [0.1, 0.15) is 6.10 Å². The highest BCUT2D eigenvalue weighted by atomic mass is 16.5. The van der Waals surface area contributed by atoms with E-state index >= 15 is 0 Å². The van der Waals surface area contributed by atoms with Gasteiger partial charge >= 0.3 is 5.97 Å². The highest BCUT2D eigenvalue weighted by molar-refractivity contribution is 5.76. The quantitative estimate of drug-likeness (QED) is 0.866. The molecule has 1 aromatic rings. The standard InChI is InChI=1S/C11H18N4O3/c1-3-11(2,10(16)17)15-9(12-13-14-15)8-6-4-5-7-18-8/h8H,3-7H2,1-2H3,(H,16,17). The molecule has 2 rings (SSSR count). The van der Waals surface area contributed by atoms with Crippen molar-refractivity contribution in [1.82, 2.24) is 20.2 Å². The van der Waals surface area contributed by atoms with E-state index in [4.69, 9.17) is 4.74 Å². The van der Waals surface area contributed by atoms with Gasteiger partial charge in [-0.15, -0.1) is 5.10 Å². The van der Waals surface area contributed by atoms with E-state index in [1.807, 2.05) is 0 Å². The molecule has 100 valence electrons. The molecule has 0 aromatic carbocycles. The Balaban J connectivity index is 2.34. The summed E-state index contributed by atoms with van der Waals surface area (Å²) in [7, 11) is 0. The maximum absolute atomic E-state index is 11.4. The van der Waals surface area contributed by atoms with Crippen LogP contribution in [0.1, 0.15) is 51.5 Å². The molecule has 0 saturated carbocycles. The van der Waals surface area contributed by atoms with Crippen LogP contribution >= 0.6 is 0 Å². The first-order chi connectivity index (χ1) is 8.59. The number of carboxylic acids is 1. The maximum atomic E-state index is 11.4. The highest BCUT2D eigenvalue weighted by Crippen LogP contribution is 2.30. The first kappa shape index (κ1) is 12.9. The molecule has 7 nitrogen and oxygen atoms in total. The van der Waals surface area contributed by atoms with Crippen LogP contribution in [-0.2, 0) is 15.1 Å². The molecule has 7 heteroatoms. The summed E-state index contributed by atoms with van der Waals surface area (Å²) in [6.45, 7) is 4.10. The molecule has 1 aromatic heterocycles. The molecule has 18 heavy (non-hydrogen) atoms. The predicted octanol–water partition coefficient (Wildman–Crippen LogP) is 1.12. The van der Waals surface area contributed by atoms with Crippen molar-refractivity contribution in [3.8, 4) is 0 Å². The van der Waals surface area contributed by atoms with Crippen molar-refractivity contribution >= 4 is 5.97 Å². The van der Waals surface area contributed by atoms with Crippen LogP contribution in [0.5, 0.6) is 0 Å². The lowest BCUT2D eigenvalue weighted by atomic mass is 9.98. The zero-order valence-electron chi connectivity index (χ0n) is 10.7. The second kappa shape index (κ2) is 5.01. The molecule has 0 bridgehead atoms. The van der Waals surface area contributed by atoms with Crippen molar-refractivity contribution in [2.24, 2.45) is 0 Å². The van der Waals surface area contributed by atoms with Crippen LogP contribution in [0.15, 0.2) is 0 Å². The van der Waals surface area contributed by atoms with Crippen LogP contribution in [0, 0.1) is 0 Å². The molecule has 0 amide bonds. The van der Waals surface area contributed by atoms with E-state index < -0.39 is 11.5 Å². The Kier molecular flexibility index (Phi) is 3.60. The molecule has 2 unspecified atom stereocenters. The van der Waals surface area contributed by atoms with E-state index in [0.717, 1.165) is 19.3 Å². The van der Waals surface area contributed by atoms with Gasteiger partial charge in [0.2, 0.25) is 0 Å². The summed E-state index contributed by atoms with van der Waals surface area (Å²) < 4.78 is 7.02. The van der Waals surface area contributed by atoms with Crippen LogP contribution < -0.4 is 0 Å². The van der Waals surface area contributed by atoms with E-state index in [2.05, 4.69) is 15.5 Å². The number of carbonyl (C=O) groups is 1. The van der Waals surface area contributed by atoms with E-state index in [1.54, 1.807) is 13.8 Å². The van der Waals surface area contributed by atoms with Gasteiger partial charge in [-0.2, -0.15) is 0 Å². The summed E-state index contributed by atoms with van der Waals surface area (Å²) in [6.07, 6.45) is 3.13. The number of aromatic nitrogens is 4. The molecule has 1 fully saturated rings. The summed E-state index contributed by atoms with van der Waals surface area (Å²) in [5, 5.41) is 20.8. The lowest BCUT2D eigenvalue weighted by molar-refractivity contribution is -0.147. The van der Waals surface area contributed by atoms with Crippen LogP contribution in [0.3, 0.4) is 0 Å². The second-order valence-electron chi connectivity index (χ2n) is 4.74. The molecule has 2 heterocycles. The minimum absolute atomic E-state index is 0.195. The van der Waals surface area contributed by atoms with Gasteiger partial charge in [0.05, 0.1) is 0 Å². The highest BCUT2D eigenvalue weighted by Gasteiger charge is 2.39. The van der Waals surface area contributed by atoms with Crippen molar-refractivity contribution in [2.75, 3.05) is 6.61 Å². The van der Waals surface area contributed by atoms with Crippen molar-refractivity contribution < 1.29 is 14.6 Å². The van der Waals surface area contributed by atoms with Crippen LogP contribution in [-0.4, -0.2) is 37.9 Å². The summed E-state index contributed by atoms with van der Waals surface area (Å²) in [4.78, 5) is 11.4. The van der Waals surface area contributed by atoms with E-state index in [1.165, 1.54) is 4.68 Å². The first-order valence-electron chi connectivity index (χ1n) is 6.23. The second-order valence-corrected chi connectivity index (χ2v) is 4.74. The Morgan fingerprint density at radius 1 is 1.61 bits per heavy atom. The number of aliphatic carboxylic acids is 1. The van der Waals surface area contributed by atoms with E-state index in [9.17, 15) is 9.90 Å². The number of ether oxygens (including phenoxy) is 1. The summed E-state index contributed by atoms with van der Waals surface area (Å²) in [6, 6.07) is 0. The third-order valence-corrected chi connectivity index (χ3v) is 3.58. The van der Waals surface area contributed by atoms with Gasteiger partial charge in [-0.3, -0.25) is 0 Å². The van der Waals surface area contributed by atoms with E-state index in [0.29, 0.717) is 18.9 Å². The Labute approximate surface area is 105 Å². The number of nitrogens with zero attached hydrogens (tertiary/aromatic N) is 4. The largest absolute Gasteiger partial charge is 0.479 e. The summed E-state index contributed by atoms with van der Waals surface area (Å²) in [5.74, 6) is -0.421. The normalized spacial score (nSPS) is 23.6. The zero-order valence-corrected chi connectivity index (χ0v) is 10.7. The number of carboxylic acid groups (broad SMARTS) is 1. The van der Waals surface area contributed by atoms with Gasteiger partial charge in [-0.25, -0.2) is 9.48 Å². The minimum atomic E-state index is -1.13. The Morgan fingerprint density at radius 3 is 2.94 bits per heavy atom. The maximum Gasteiger partial charge on any atom is 0.331 e. The molecule has 2 atom stereocenters. The van der Waals surface area contributed by atoms with Gasteiger partial charge < -0.3 is 9.84 Å². The van der Waals surface area contributed by atoms with Gasteiger partial charge in [0.25, 0.3) is 0 Å². The van der Waals surface area contributed by atoms with Gasteiger partial charge in [-0.1, -0.05) is 6.92 Å². The first-order valence-corrected chi connectivity index (χ1v) is 6.23. The minimum Gasteiger partial charge on any atom is -0.479 e. The average Bonchev–Trinajstić information content (AvgIpc) is 2.88. The molecule has 1 N–H and O–H groups in total. The van der Waals surface area contributed by atoms with Gasteiger partial charge in [0.15, 0.2) is 11.4 Å². The smallest absolute Gasteiger partial charge is 0.331 e. The Hall–Kier alpha value is -1.50. The Morgan fingerprint density at radius 2 is 2.39 bits per heavy atom. The molecule has 0 spiro atoms. The van der Waals surface area contributed by atoms with Crippen molar-refractivity contribution in [2.45, 2.75) is 51.2 Å². The van der Waals surface area contributed by atoms with Crippen LogP contribution in [0.2, 0.25) is 0 Å². The number of hydrogen-bond donors (Lipinski definition) is 1. The number of tetrazole rings is 1. The number of rotatable bonds is 4. The average molecular weight is 254 g/mol. The fourth-order valence-electron chi connectivity index (χ4n) is 2.08. The third-order valence-electron chi connectivity index (χ3n) is 3.58. The lowest BCUT2D eigenvalue weighted by Crippen LogP contribution is -2.41. The molecule has 0 radical (unpaired) electrons. The lowest BCUT2D eigenvalue weighted by Gasteiger charge is -2.28. The fraction of sp³-hybridized carbons (Fsp3) is 0.818. The molecular weight excluding hydrogens is 236 g/mol. The SMILES string of the molecule is CCC(C)(C(=O)O)n1nnnc1C1CCCCO1. The predicted molar refractivity (Wildman–Crippen MR) is 61.9 cm³/mol. The van der Waals surface area contributed by atoms with Crippen molar-refractivity contribution in [3.63, 3.8) is 0 Å². The van der Waals surface area contributed by atoms with Crippen molar-refractivity contribution in [3.05, 3.63) is 5.82 Å². The monoisotopic (exact) mass is 254 g/mol. The Bertz CT molecular complexity index is 428. The van der Waals surface area contributed by atoms with E-state index in [-0.39, 0.29) is 6.10 Å². The fourth-order valence-corrected chi connectivity index (χ4v) is 2.08. The molecular formula is C11H18N4O3. The number of hydrogen-bond acceptors (Lipinski definition) is 5. The topological polar surface area (TPSA) is 90.1 Å². The zero-order chi connectivity index (χ0) is 13.2. The molecule has 1 aliphatic heterocycles. The summed E-state index contributed by atoms with van der Waals surface area (Å²) >= 11 is 0.